The first-order chi connectivity index (χ1) is 14.8. The molecule has 0 radical (unpaired) electrons. The summed E-state index contributed by atoms with van der Waals surface area (Å²) in [5.74, 6) is 2.45. The molecule has 1 aliphatic heterocycles. The molecule has 148 valence electrons. The third kappa shape index (κ3) is 3.70. The largest absolute Gasteiger partial charge is 0.457 e. The number of benzene rings is 3. The monoisotopic (exact) mass is 395 g/mol. The van der Waals surface area contributed by atoms with Crippen molar-refractivity contribution >= 4 is 11.6 Å². The minimum atomic E-state index is -0.153. The highest BCUT2D eigenvalue weighted by Gasteiger charge is 2.16. The van der Waals surface area contributed by atoms with Gasteiger partial charge in [-0.25, -0.2) is 4.98 Å². The van der Waals surface area contributed by atoms with Crippen LogP contribution in [0.5, 0.6) is 11.5 Å². The highest BCUT2D eigenvalue weighted by atomic mass is 16.5. The second kappa shape index (κ2) is 7.87. The van der Waals surface area contributed by atoms with Crippen LogP contribution in [0.3, 0.4) is 0 Å². The number of aryl methyl sites for hydroxylation is 1. The third-order valence-corrected chi connectivity index (χ3v) is 5.25. The van der Waals surface area contributed by atoms with Crippen LogP contribution in [0.15, 0.2) is 85.1 Å². The summed E-state index contributed by atoms with van der Waals surface area (Å²) in [5.41, 5.74) is 3.58. The van der Waals surface area contributed by atoms with Crippen molar-refractivity contribution in [2.75, 3.05) is 5.32 Å². The normalized spacial score (nSPS) is 12.4. The van der Waals surface area contributed by atoms with Crippen molar-refractivity contribution in [1.82, 2.24) is 9.55 Å². The summed E-state index contributed by atoms with van der Waals surface area (Å²) in [6, 6.07) is 24.6. The first kappa shape index (κ1) is 18.2. The lowest BCUT2D eigenvalue weighted by atomic mass is 10.1. The van der Waals surface area contributed by atoms with Crippen molar-refractivity contribution in [1.29, 1.82) is 0 Å². The molecular formula is C25H21N3O2. The van der Waals surface area contributed by atoms with Crippen LogP contribution in [0.2, 0.25) is 0 Å². The molecular weight excluding hydrogens is 374 g/mol. The highest BCUT2D eigenvalue weighted by Crippen LogP contribution is 2.27. The lowest BCUT2D eigenvalue weighted by molar-refractivity contribution is 0.102. The number of ether oxygens (including phenoxy) is 1. The molecule has 0 fully saturated rings. The van der Waals surface area contributed by atoms with Gasteiger partial charge in [-0.1, -0.05) is 30.3 Å². The van der Waals surface area contributed by atoms with Gasteiger partial charge in [-0.3, -0.25) is 4.79 Å². The maximum atomic E-state index is 12.6. The van der Waals surface area contributed by atoms with Gasteiger partial charge < -0.3 is 14.6 Å². The molecule has 0 unspecified atom stereocenters. The van der Waals surface area contributed by atoms with E-state index in [2.05, 4.69) is 14.9 Å². The van der Waals surface area contributed by atoms with E-state index in [9.17, 15) is 4.79 Å². The van der Waals surface area contributed by atoms with Crippen molar-refractivity contribution in [3.8, 4) is 22.8 Å². The van der Waals surface area contributed by atoms with Gasteiger partial charge in [-0.05, 0) is 60.5 Å². The van der Waals surface area contributed by atoms with E-state index in [1.54, 1.807) is 24.3 Å². The third-order valence-electron chi connectivity index (χ3n) is 5.25. The molecule has 3 aromatic carbocycles. The highest BCUT2D eigenvalue weighted by molar-refractivity contribution is 6.04. The van der Waals surface area contributed by atoms with Crippen LogP contribution in [0.25, 0.3) is 11.3 Å². The van der Waals surface area contributed by atoms with Gasteiger partial charge in [0, 0.05) is 24.2 Å². The Morgan fingerprint density at radius 2 is 1.63 bits per heavy atom. The van der Waals surface area contributed by atoms with E-state index >= 15 is 0 Å². The Balaban J connectivity index is 1.25. The lowest BCUT2D eigenvalue weighted by Crippen LogP contribution is -2.11. The summed E-state index contributed by atoms with van der Waals surface area (Å²) in [6.07, 6.45) is 4.13. The van der Waals surface area contributed by atoms with E-state index in [0.29, 0.717) is 11.3 Å². The number of fused-ring (bicyclic) bond motifs is 1. The number of para-hydroxylation sites is 1. The molecule has 0 bridgehead atoms. The summed E-state index contributed by atoms with van der Waals surface area (Å²) in [7, 11) is 0. The Labute approximate surface area is 175 Å². The lowest BCUT2D eigenvalue weighted by Gasteiger charge is -2.09. The fourth-order valence-corrected chi connectivity index (χ4v) is 3.72. The van der Waals surface area contributed by atoms with Crippen molar-refractivity contribution in [2.24, 2.45) is 0 Å². The zero-order chi connectivity index (χ0) is 20.3. The number of imidazole rings is 1. The number of nitrogens with zero attached hydrogens (tertiary/aromatic N) is 2. The van der Waals surface area contributed by atoms with Crippen molar-refractivity contribution in [3.05, 3.63) is 96.4 Å². The topological polar surface area (TPSA) is 56.2 Å². The molecule has 1 amide bonds. The van der Waals surface area contributed by atoms with Gasteiger partial charge in [-0.15, -0.1) is 0 Å². The van der Waals surface area contributed by atoms with Gasteiger partial charge in [-0.2, -0.15) is 0 Å². The van der Waals surface area contributed by atoms with Gasteiger partial charge in [0.05, 0.1) is 11.9 Å². The molecule has 1 aliphatic rings. The van der Waals surface area contributed by atoms with E-state index < -0.39 is 0 Å². The first-order valence-electron chi connectivity index (χ1n) is 10.1. The van der Waals surface area contributed by atoms with Crippen LogP contribution in [0.1, 0.15) is 22.6 Å². The van der Waals surface area contributed by atoms with Crippen LogP contribution >= 0.6 is 0 Å². The summed E-state index contributed by atoms with van der Waals surface area (Å²) in [4.78, 5) is 17.1. The second-order valence-corrected chi connectivity index (χ2v) is 7.29. The quantitative estimate of drug-likeness (QED) is 0.483. The van der Waals surface area contributed by atoms with E-state index in [1.807, 2.05) is 60.8 Å². The molecule has 2 heterocycles. The fourth-order valence-electron chi connectivity index (χ4n) is 3.72. The van der Waals surface area contributed by atoms with E-state index in [1.165, 1.54) is 0 Å². The number of hydrogen-bond acceptors (Lipinski definition) is 3. The minimum absolute atomic E-state index is 0.153. The zero-order valence-electron chi connectivity index (χ0n) is 16.4. The number of nitrogens with one attached hydrogen (secondary N) is 1. The van der Waals surface area contributed by atoms with E-state index in [-0.39, 0.29) is 5.91 Å². The van der Waals surface area contributed by atoms with Crippen molar-refractivity contribution in [3.63, 3.8) is 0 Å². The summed E-state index contributed by atoms with van der Waals surface area (Å²) < 4.78 is 8.04. The average molecular weight is 395 g/mol. The number of carbonyl (C=O) groups excluding carboxylic acids is 1. The summed E-state index contributed by atoms with van der Waals surface area (Å²) in [6.45, 7) is 1.02. The second-order valence-electron chi connectivity index (χ2n) is 7.29. The van der Waals surface area contributed by atoms with Gasteiger partial charge in [0.25, 0.3) is 5.91 Å². The smallest absolute Gasteiger partial charge is 0.255 e. The number of rotatable bonds is 5. The van der Waals surface area contributed by atoms with Gasteiger partial charge in [0.1, 0.15) is 17.3 Å². The van der Waals surface area contributed by atoms with Gasteiger partial charge >= 0.3 is 0 Å². The van der Waals surface area contributed by atoms with Crippen molar-refractivity contribution in [2.45, 2.75) is 19.4 Å². The molecule has 0 atom stereocenters. The van der Waals surface area contributed by atoms with Crippen LogP contribution in [-0.4, -0.2) is 15.5 Å². The number of amides is 1. The molecule has 1 aromatic heterocycles. The number of carbonyl (C=O) groups is 1. The van der Waals surface area contributed by atoms with Crippen molar-refractivity contribution < 1.29 is 9.53 Å². The molecule has 1 N–H and O–H groups in total. The maximum absolute atomic E-state index is 12.6. The SMILES string of the molecule is O=C(Nc1ccc(-c2cnc3n2CCC3)cc1)c1ccc(Oc2ccccc2)cc1. The van der Waals surface area contributed by atoms with Crippen LogP contribution < -0.4 is 10.1 Å². The van der Waals surface area contributed by atoms with Crippen LogP contribution in [0, 0.1) is 0 Å². The molecule has 0 aliphatic carbocycles. The molecule has 5 nitrogen and oxygen atoms in total. The van der Waals surface area contributed by atoms with Crippen LogP contribution in [-0.2, 0) is 13.0 Å². The predicted molar refractivity (Wildman–Crippen MR) is 117 cm³/mol. The summed E-state index contributed by atoms with van der Waals surface area (Å²) in [5, 5.41) is 2.95. The Morgan fingerprint density at radius 1 is 0.900 bits per heavy atom. The molecule has 30 heavy (non-hydrogen) atoms. The molecule has 0 spiro atoms. The number of hydrogen-bond donors (Lipinski definition) is 1. The molecule has 0 saturated carbocycles. The van der Waals surface area contributed by atoms with Crippen LogP contribution in [0.4, 0.5) is 5.69 Å². The molecule has 0 saturated heterocycles. The van der Waals surface area contributed by atoms with Gasteiger partial charge in [0.2, 0.25) is 0 Å². The maximum Gasteiger partial charge on any atom is 0.255 e. The molecule has 5 heteroatoms. The minimum Gasteiger partial charge on any atom is -0.457 e. The number of aromatic nitrogens is 2. The fraction of sp³-hybridized carbons (Fsp3) is 0.120. The standard InChI is InChI=1S/C25H21N3O2/c29-25(19-10-14-22(15-11-19)30-21-5-2-1-3-6-21)27-20-12-8-18(9-13-20)23-17-26-24-7-4-16-28(23)24/h1-3,5-6,8-15,17H,4,7,16H2,(H,27,29). The molecule has 4 aromatic rings. The van der Waals surface area contributed by atoms with Gasteiger partial charge in [0.15, 0.2) is 0 Å². The molecule has 5 rings (SSSR count). The summed E-state index contributed by atoms with van der Waals surface area (Å²) >= 11 is 0. The Kier molecular flexibility index (Phi) is 4.77. The Morgan fingerprint density at radius 3 is 2.40 bits per heavy atom. The van der Waals surface area contributed by atoms with E-state index in [4.69, 9.17) is 4.74 Å². The average Bonchev–Trinajstić information content (AvgIpc) is 3.40. The Hall–Kier alpha value is -3.86. The Bertz CT molecular complexity index is 1160. The zero-order valence-corrected chi connectivity index (χ0v) is 16.4. The predicted octanol–water partition coefficient (Wildman–Crippen LogP) is 5.54. The van der Waals surface area contributed by atoms with E-state index in [0.717, 1.165) is 47.9 Å². The number of anilines is 1. The first-order valence-corrected chi connectivity index (χ1v) is 10.1.